The summed E-state index contributed by atoms with van der Waals surface area (Å²) in [6.07, 6.45) is 18.0. The molecule has 1 N–H and O–H groups in total. The molecule has 4 aliphatic carbocycles. The number of ether oxygens (including phenoxy) is 1. The van der Waals surface area contributed by atoms with Gasteiger partial charge in [0.2, 0.25) is 0 Å². The molecule has 3 saturated carbocycles. The first-order chi connectivity index (χ1) is 14.8. The summed E-state index contributed by atoms with van der Waals surface area (Å²) in [5.74, 6) is 5.44. The molecular formula is C29H50O2. The summed E-state index contributed by atoms with van der Waals surface area (Å²) in [5.41, 5.74) is 2.69. The van der Waals surface area contributed by atoms with Crippen molar-refractivity contribution in [2.75, 3.05) is 13.2 Å². The molecule has 0 radical (unpaired) electrons. The second-order valence-electron chi connectivity index (χ2n) is 12.7. The molecule has 0 aliphatic heterocycles. The van der Waals surface area contributed by atoms with Crippen LogP contribution in [0.2, 0.25) is 0 Å². The lowest BCUT2D eigenvalue weighted by molar-refractivity contribution is -0.0658. The van der Waals surface area contributed by atoms with Crippen LogP contribution in [0.5, 0.6) is 0 Å². The predicted octanol–water partition coefficient (Wildman–Crippen LogP) is 7.41. The molecule has 0 aromatic heterocycles. The van der Waals surface area contributed by atoms with Crippen molar-refractivity contribution in [3.8, 4) is 0 Å². The van der Waals surface area contributed by atoms with Crippen molar-refractivity contribution in [2.45, 2.75) is 111 Å². The molecule has 0 aromatic rings. The van der Waals surface area contributed by atoms with Gasteiger partial charge in [-0.15, -0.1) is 0 Å². The minimum absolute atomic E-state index is 0.148. The van der Waals surface area contributed by atoms with Gasteiger partial charge in [-0.25, -0.2) is 0 Å². The molecule has 2 unspecified atom stereocenters. The van der Waals surface area contributed by atoms with E-state index in [2.05, 4.69) is 40.7 Å². The largest absolute Gasteiger partial charge is 0.394 e. The zero-order valence-corrected chi connectivity index (χ0v) is 21.2. The zero-order valence-electron chi connectivity index (χ0n) is 21.2. The average Bonchev–Trinajstić information content (AvgIpc) is 3.09. The lowest BCUT2D eigenvalue weighted by Gasteiger charge is -2.58. The summed E-state index contributed by atoms with van der Waals surface area (Å²) in [4.78, 5) is 0. The van der Waals surface area contributed by atoms with E-state index in [0.29, 0.717) is 23.5 Å². The fraction of sp³-hybridized carbons (Fsp3) is 0.931. The third-order valence-corrected chi connectivity index (χ3v) is 10.7. The van der Waals surface area contributed by atoms with E-state index in [1.165, 1.54) is 64.2 Å². The fourth-order valence-corrected chi connectivity index (χ4v) is 9.01. The molecule has 31 heavy (non-hydrogen) atoms. The van der Waals surface area contributed by atoms with Crippen molar-refractivity contribution in [1.29, 1.82) is 0 Å². The summed E-state index contributed by atoms with van der Waals surface area (Å²) >= 11 is 0. The van der Waals surface area contributed by atoms with E-state index in [9.17, 15) is 0 Å². The van der Waals surface area contributed by atoms with Crippen LogP contribution in [-0.4, -0.2) is 24.4 Å². The zero-order chi connectivity index (χ0) is 22.2. The van der Waals surface area contributed by atoms with Crippen molar-refractivity contribution in [3.63, 3.8) is 0 Å². The first-order valence-corrected chi connectivity index (χ1v) is 13.7. The molecule has 0 amide bonds. The van der Waals surface area contributed by atoms with Gasteiger partial charge in [0.05, 0.1) is 19.3 Å². The highest BCUT2D eigenvalue weighted by Crippen LogP contribution is 2.67. The van der Waals surface area contributed by atoms with E-state index in [1.807, 2.05) is 0 Å². The first-order valence-electron chi connectivity index (χ1n) is 13.7. The SMILES string of the molecule is CC(C)CCC[C@@H](C)[C@H]1CCC2[C@@H]3CC=C4C[C@@H](OCCO)CC[C@]4(C)C3CC[C@@]21C. The van der Waals surface area contributed by atoms with Gasteiger partial charge < -0.3 is 9.84 Å². The molecule has 8 atom stereocenters. The van der Waals surface area contributed by atoms with Crippen molar-refractivity contribution >= 4 is 0 Å². The lowest BCUT2D eigenvalue weighted by atomic mass is 9.47. The van der Waals surface area contributed by atoms with Crippen LogP contribution in [0.15, 0.2) is 11.6 Å². The molecule has 178 valence electrons. The molecule has 4 aliphatic rings. The highest BCUT2D eigenvalue weighted by molar-refractivity contribution is 5.25. The van der Waals surface area contributed by atoms with Crippen LogP contribution < -0.4 is 0 Å². The van der Waals surface area contributed by atoms with Crippen LogP contribution in [0.4, 0.5) is 0 Å². The Bertz CT molecular complexity index is 639. The molecule has 0 heterocycles. The maximum Gasteiger partial charge on any atom is 0.0701 e. The number of aliphatic hydroxyl groups excluding tert-OH is 1. The van der Waals surface area contributed by atoms with E-state index in [4.69, 9.17) is 9.84 Å². The molecule has 2 nitrogen and oxygen atoms in total. The summed E-state index contributed by atoms with van der Waals surface area (Å²) < 4.78 is 5.94. The Kier molecular flexibility index (Phi) is 7.29. The van der Waals surface area contributed by atoms with Crippen molar-refractivity contribution in [1.82, 2.24) is 0 Å². The van der Waals surface area contributed by atoms with Crippen molar-refractivity contribution in [2.24, 2.45) is 46.3 Å². The Morgan fingerprint density at radius 1 is 1.03 bits per heavy atom. The summed E-state index contributed by atoms with van der Waals surface area (Å²) in [6.45, 7) is 13.3. The van der Waals surface area contributed by atoms with Gasteiger partial charge in [0, 0.05) is 0 Å². The van der Waals surface area contributed by atoms with E-state index in [-0.39, 0.29) is 6.61 Å². The monoisotopic (exact) mass is 430 g/mol. The topological polar surface area (TPSA) is 29.5 Å². The number of hydrogen-bond acceptors (Lipinski definition) is 2. The molecule has 0 bridgehead atoms. The Labute approximate surface area is 192 Å². The van der Waals surface area contributed by atoms with Gasteiger partial charge in [0.25, 0.3) is 0 Å². The molecule has 3 fully saturated rings. The average molecular weight is 431 g/mol. The van der Waals surface area contributed by atoms with Crippen molar-refractivity contribution < 1.29 is 9.84 Å². The summed E-state index contributed by atoms with van der Waals surface area (Å²) in [7, 11) is 0. The summed E-state index contributed by atoms with van der Waals surface area (Å²) in [6, 6.07) is 0. The van der Waals surface area contributed by atoms with E-state index in [1.54, 1.807) is 5.57 Å². The molecule has 2 heteroatoms. The minimum Gasteiger partial charge on any atom is -0.394 e. The second-order valence-corrected chi connectivity index (χ2v) is 12.7. The summed E-state index contributed by atoms with van der Waals surface area (Å²) in [5, 5.41) is 9.14. The Balaban J connectivity index is 1.45. The van der Waals surface area contributed by atoms with Gasteiger partial charge in [-0.3, -0.25) is 0 Å². The molecule has 0 spiro atoms. The molecule has 0 aromatic carbocycles. The van der Waals surface area contributed by atoms with Gasteiger partial charge in [0.15, 0.2) is 0 Å². The van der Waals surface area contributed by atoms with Gasteiger partial charge in [-0.2, -0.15) is 0 Å². The maximum absolute atomic E-state index is 9.14. The van der Waals surface area contributed by atoms with Gasteiger partial charge in [-0.05, 0) is 97.7 Å². The molecular weight excluding hydrogens is 380 g/mol. The van der Waals surface area contributed by atoms with Crippen LogP contribution in [0.1, 0.15) is 105 Å². The third-order valence-electron chi connectivity index (χ3n) is 10.7. The first kappa shape index (κ1) is 23.8. The molecule has 0 saturated heterocycles. The van der Waals surface area contributed by atoms with Gasteiger partial charge in [0.1, 0.15) is 0 Å². The highest BCUT2D eigenvalue weighted by Gasteiger charge is 2.59. The fourth-order valence-electron chi connectivity index (χ4n) is 9.01. The van der Waals surface area contributed by atoms with Gasteiger partial charge in [-0.1, -0.05) is 65.5 Å². The van der Waals surface area contributed by atoms with Crippen LogP contribution in [0.25, 0.3) is 0 Å². The van der Waals surface area contributed by atoms with Crippen LogP contribution >= 0.6 is 0 Å². The maximum atomic E-state index is 9.14. The van der Waals surface area contributed by atoms with Gasteiger partial charge >= 0.3 is 0 Å². The smallest absolute Gasteiger partial charge is 0.0701 e. The van der Waals surface area contributed by atoms with Crippen LogP contribution in [0, 0.1) is 46.3 Å². The lowest BCUT2D eigenvalue weighted by Crippen LogP contribution is -2.51. The number of fused-ring (bicyclic) bond motifs is 5. The number of aliphatic hydroxyl groups is 1. The van der Waals surface area contributed by atoms with Crippen molar-refractivity contribution in [3.05, 3.63) is 11.6 Å². The third kappa shape index (κ3) is 4.42. The quantitative estimate of drug-likeness (QED) is 0.406. The van der Waals surface area contributed by atoms with E-state index in [0.717, 1.165) is 41.9 Å². The predicted molar refractivity (Wildman–Crippen MR) is 130 cm³/mol. The second kappa shape index (κ2) is 9.49. The number of hydrogen-bond donors (Lipinski definition) is 1. The Morgan fingerprint density at radius 3 is 2.58 bits per heavy atom. The Hall–Kier alpha value is -0.340. The van der Waals surface area contributed by atoms with E-state index >= 15 is 0 Å². The number of rotatable bonds is 8. The normalized spacial score (nSPS) is 43.2. The van der Waals surface area contributed by atoms with E-state index < -0.39 is 0 Å². The Morgan fingerprint density at radius 2 is 1.84 bits per heavy atom. The minimum atomic E-state index is 0.148. The number of allylic oxidation sites excluding steroid dienone is 1. The van der Waals surface area contributed by atoms with Crippen LogP contribution in [-0.2, 0) is 4.74 Å². The molecule has 4 rings (SSSR count). The van der Waals surface area contributed by atoms with Crippen LogP contribution in [0.3, 0.4) is 0 Å². The standard InChI is InChI=1S/C29H50O2/c1-20(2)7-6-8-21(3)25-11-12-26-24-10-9-22-19-23(31-18-17-30)13-15-28(22,4)27(24)14-16-29(25,26)5/h9,20-21,23-27,30H,6-8,10-19H2,1-5H3/t21-,23+,24+,25-,26?,27?,28+,29-/m1/s1. The highest BCUT2D eigenvalue weighted by atomic mass is 16.5.